The predicted molar refractivity (Wildman–Crippen MR) is 158 cm³/mol. The van der Waals surface area contributed by atoms with Crippen molar-refractivity contribution in [2.75, 3.05) is 29.9 Å². The lowest BCUT2D eigenvalue weighted by atomic mass is 9.85. The number of piperidine rings is 2. The zero-order valence-corrected chi connectivity index (χ0v) is 24.7. The minimum absolute atomic E-state index is 0.185. The molecular formula is C30H38N6O6. The van der Waals surface area contributed by atoms with Gasteiger partial charge in [-0.2, -0.15) is 0 Å². The van der Waals surface area contributed by atoms with Crippen LogP contribution in [0.25, 0.3) is 11.0 Å². The second-order valence-electron chi connectivity index (χ2n) is 12.3. The van der Waals surface area contributed by atoms with Crippen LogP contribution in [0, 0.1) is 0 Å². The smallest absolute Gasteiger partial charge is 0.414 e. The van der Waals surface area contributed by atoms with E-state index < -0.39 is 29.2 Å². The first-order valence-electron chi connectivity index (χ1n) is 14.2. The van der Waals surface area contributed by atoms with Gasteiger partial charge in [-0.1, -0.05) is 6.07 Å². The number of carbonyl (C=O) groups excluding carboxylic acids is 3. The highest BCUT2D eigenvalue weighted by Crippen LogP contribution is 2.31. The number of hydrogen-bond donors (Lipinski definition) is 2. The summed E-state index contributed by atoms with van der Waals surface area (Å²) in [7, 11) is 3.30. The molecule has 2 aromatic heterocycles. The number of nitrogens with one attached hydrogen (secondary N) is 1. The SMILES string of the molecule is CN(C(=O)OC(C)(C)C)c1ccc(N2CCC(O)(Cc3ccc4c(c3)n(C)c(=O)n4C3CCC(=O)NC3=O)CC2)nc1. The van der Waals surface area contributed by atoms with E-state index in [0.29, 0.717) is 49.1 Å². The fourth-order valence-electron chi connectivity index (χ4n) is 5.66. The van der Waals surface area contributed by atoms with Gasteiger partial charge in [0.1, 0.15) is 17.5 Å². The number of pyridine rings is 1. The number of imide groups is 1. The maximum atomic E-state index is 13.1. The van der Waals surface area contributed by atoms with Crippen LogP contribution in [-0.2, 0) is 27.8 Å². The summed E-state index contributed by atoms with van der Waals surface area (Å²) in [4.78, 5) is 57.6. The van der Waals surface area contributed by atoms with Gasteiger partial charge in [0.25, 0.3) is 0 Å². The van der Waals surface area contributed by atoms with Gasteiger partial charge in [0.15, 0.2) is 0 Å². The van der Waals surface area contributed by atoms with Crippen molar-refractivity contribution < 1.29 is 24.2 Å². The van der Waals surface area contributed by atoms with Crippen molar-refractivity contribution in [2.45, 2.75) is 70.1 Å². The number of ether oxygens (including phenoxy) is 1. The first-order chi connectivity index (χ1) is 19.7. The van der Waals surface area contributed by atoms with Gasteiger partial charge >= 0.3 is 11.8 Å². The summed E-state index contributed by atoms with van der Waals surface area (Å²) in [5.41, 5.74) is 0.969. The number of benzene rings is 1. The van der Waals surface area contributed by atoms with Gasteiger partial charge in [-0.05, 0) is 69.9 Å². The summed E-state index contributed by atoms with van der Waals surface area (Å²) in [6.07, 6.45) is 3.13. The van der Waals surface area contributed by atoms with Crippen LogP contribution in [0.2, 0.25) is 0 Å². The van der Waals surface area contributed by atoms with Crippen molar-refractivity contribution >= 4 is 40.4 Å². The molecule has 2 aliphatic rings. The Bertz CT molecular complexity index is 1580. The van der Waals surface area contributed by atoms with Gasteiger partial charge < -0.3 is 14.7 Å². The van der Waals surface area contributed by atoms with E-state index in [2.05, 4.69) is 15.2 Å². The maximum absolute atomic E-state index is 13.1. The molecule has 2 fully saturated rings. The zero-order valence-electron chi connectivity index (χ0n) is 24.7. The van der Waals surface area contributed by atoms with E-state index in [4.69, 9.17) is 4.74 Å². The molecule has 0 aliphatic carbocycles. The Balaban J connectivity index is 1.25. The van der Waals surface area contributed by atoms with E-state index in [1.165, 1.54) is 14.0 Å². The fraction of sp³-hybridized carbons (Fsp3) is 0.500. The molecule has 1 unspecified atom stereocenters. The highest BCUT2D eigenvalue weighted by molar-refractivity contribution is 6.00. The molecule has 1 aromatic carbocycles. The summed E-state index contributed by atoms with van der Waals surface area (Å²) in [6, 6.07) is 8.54. The highest BCUT2D eigenvalue weighted by atomic mass is 16.6. The van der Waals surface area contributed by atoms with Crippen LogP contribution in [0.1, 0.15) is 58.1 Å². The first-order valence-corrected chi connectivity index (χ1v) is 14.2. The molecule has 0 saturated carbocycles. The Hall–Kier alpha value is -4.19. The van der Waals surface area contributed by atoms with E-state index in [1.807, 2.05) is 51.1 Å². The summed E-state index contributed by atoms with van der Waals surface area (Å²) < 4.78 is 8.38. The molecule has 3 amide bonds. The third-order valence-electron chi connectivity index (χ3n) is 8.01. The van der Waals surface area contributed by atoms with Crippen LogP contribution >= 0.6 is 0 Å². The molecule has 2 N–H and O–H groups in total. The molecule has 0 bridgehead atoms. The number of aryl methyl sites for hydroxylation is 1. The molecule has 4 heterocycles. The molecule has 0 spiro atoms. The van der Waals surface area contributed by atoms with Gasteiger partial charge in [0, 0.05) is 40.0 Å². The Morgan fingerprint density at radius 3 is 2.48 bits per heavy atom. The predicted octanol–water partition coefficient (Wildman–Crippen LogP) is 2.66. The minimum atomic E-state index is -0.925. The average Bonchev–Trinajstić information content (AvgIpc) is 3.17. The Labute approximate surface area is 243 Å². The largest absolute Gasteiger partial charge is 0.443 e. The second kappa shape index (κ2) is 10.9. The third kappa shape index (κ3) is 5.89. The number of rotatable bonds is 5. The van der Waals surface area contributed by atoms with Crippen molar-refractivity contribution in [1.82, 2.24) is 19.4 Å². The molecule has 1 atom stereocenters. The summed E-state index contributed by atoms with van der Waals surface area (Å²) in [5.74, 6) is -0.0282. The van der Waals surface area contributed by atoms with Gasteiger partial charge in [0.2, 0.25) is 11.8 Å². The van der Waals surface area contributed by atoms with Crippen LogP contribution < -0.4 is 20.8 Å². The van der Waals surface area contributed by atoms with Crippen molar-refractivity contribution in [3.05, 3.63) is 52.6 Å². The molecule has 12 nitrogen and oxygen atoms in total. The number of aromatic nitrogens is 3. The van der Waals surface area contributed by atoms with E-state index in [9.17, 15) is 24.3 Å². The Morgan fingerprint density at radius 1 is 1.14 bits per heavy atom. The first kappa shape index (κ1) is 29.3. The van der Waals surface area contributed by atoms with Crippen LogP contribution in [0.3, 0.4) is 0 Å². The third-order valence-corrected chi connectivity index (χ3v) is 8.01. The zero-order chi connectivity index (χ0) is 30.4. The molecule has 3 aromatic rings. The van der Waals surface area contributed by atoms with Gasteiger partial charge in [-0.3, -0.25) is 28.9 Å². The number of anilines is 2. The topological polar surface area (TPSA) is 139 Å². The molecule has 5 rings (SSSR count). The standard InChI is InChI=1S/C30H38N6O6/c1-29(2,3)42-28(40)33(4)20-7-10-24(31-18-20)35-14-12-30(41,13-15-35)17-19-6-8-21-23(16-19)34(5)27(39)36(21)22-9-11-25(37)32-26(22)38/h6-8,10,16,18,22,41H,9,11-15,17H2,1-5H3,(H,32,37,38). The molecule has 0 radical (unpaired) electrons. The van der Waals surface area contributed by atoms with Gasteiger partial charge in [-0.15, -0.1) is 0 Å². The highest BCUT2D eigenvalue weighted by Gasteiger charge is 2.34. The fourth-order valence-corrected chi connectivity index (χ4v) is 5.66. The number of amides is 3. The number of fused-ring (bicyclic) bond motifs is 1. The summed E-state index contributed by atoms with van der Waals surface area (Å²) in [6.45, 7) is 6.67. The monoisotopic (exact) mass is 578 g/mol. The molecule has 2 saturated heterocycles. The molecule has 2 aliphatic heterocycles. The number of aliphatic hydroxyl groups is 1. The molecule has 12 heteroatoms. The van der Waals surface area contributed by atoms with Crippen LogP contribution in [0.5, 0.6) is 0 Å². The number of nitrogens with zero attached hydrogens (tertiary/aromatic N) is 5. The second-order valence-corrected chi connectivity index (χ2v) is 12.3. The Morgan fingerprint density at radius 2 is 1.86 bits per heavy atom. The van der Waals surface area contributed by atoms with E-state index >= 15 is 0 Å². The van der Waals surface area contributed by atoms with Crippen LogP contribution in [0.4, 0.5) is 16.3 Å². The summed E-state index contributed by atoms with van der Waals surface area (Å²) in [5, 5.41) is 13.8. The lowest BCUT2D eigenvalue weighted by Crippen LogP contribution is -2.46. The van der Waals surface area contributed by atoms with Crippen molar-refractivity contribution in [2.24, 2.45) is 7.05 Å². The average molecular weight is 579 g/mol. The molecule has 224 valence electrons. The van der Waals surface area contributed by atoms with Gasteiger partial charge in [-0.25, -0.2) is 14.6 Å². The summed E-state index contributed by atoms with van der Waals surface area (Å²) >= 11 is 0. The van der Waals surface area contributed by atoms with Gasteiger partial charge in [0.05, 0.1) is 28.5 Å². The Kier molecular flexibility index (Phi) is 7.61. The van der Waals surface area contributed by atoms with Crippen molar-refractivity contribution in [3.63, 3.8) is 0 Å². The van der Waals surface area contributed by atoms with Crippen molar-refractivity contribution in [1.29, 1.82) is 0 Å². The van der Waals surface area contributed by atoms with Crippen molar-refractivity contribution in [3.8, 4) is 0 Å². The molecular weight excluding hydrogens is 540 g/mol. The number of carbonyl (C=O) groups is 3. The maximum Gasteiger partial charge on any atom is 0.414 e. The normalized spacial score (nSPS) is 19.1. The van der Waals surface area contributed by atoms with Crippen LogP contribution in [0.15, 0.2) is 41.3 Å². The van der Waals surface area contributed by atoms with E-state index in [1.54, 1.807) is 20.3 Å². The molecule has 42 heavy (non-hydrogen) atoms. The van der Waals surface area contributed by atoms with E-state index in [0.717, 1.165) is 11.4 Å². The quantitative estimate of drug-likeness (QED) is 0.441. The number of hydrogen-bond acceptors (Lipinski definition) is 8. The van der Waals surface area contributed by atoms with Crippen LogP contribution in [-0.4, -0.2) is 68.5 Å². The van der Waals surface area contributed by atoms with E-state index in [-0.39, 0.29) is 24.4 Å². The minimum Gasteiger partial charge on any atom is -0.443 e. The number of imidazole rings is 1. The lowest BCUT2D eigenvalue weighted by molar-refractivity contribution is -0.135. The lowest BCUT2D eigenvalue weighted by Gasteiger charge is -2.39.